The van der Waals surface area contributed by atoms with Crippen molar-refractivity contribution in [1.29, 1.82) is 0 Å². The molecular formula is C17H35IN4. The summed E-state index contributed by atoms with van der Waals surface area (Å²) in [6.45, 7) is 14.4. The summed E-state index contributed by atoms with van der Waals surface area (Å²) < 4.78 is 0. The van der Waals surface area contributed by atoms with E-state index in [1.54, 1.807) is 0 Å². The Balaban J connectivity index is 0.00000242. The molecule has 1 heterocycles. The second-order valence-electron chi connectivity index (χ2n) is 6.44. The molecule has 0 amide bonds. The summed E-state index contributed by atoms with van der Waals surface area (Å²) in [5.74, 6) is 2.05. The van der Waals surface area contributed by atoms with Crippen molar-refractivity contribution in [2.24, 2.45) is 10.9 Å². The number of rotatable bonds is 7. The fourth-order valence-corrected chi connectivity index (χ4v) is 3.64. The lowest BCUT2D eigenvalue weighted by Gasteiger charge is -2.27. The number of nitrogens with zero attached hydrogens (tertiary/aromatic N) is 3. The van der Waals surface area contributed by atoms with Crippen LogP contribution in [0.4, 0.5) is 0 Å². The van der Waals surface area contributed by atoms with Crippen molar-refractivity contribution in [3.63, 3.8) is 0 Å². The number of halogens is 1. The van der Waals surface area contributed by atoms with Crippen LogP contribution in [0.15, 0.2) is 4.99 Å². The smallest absolute Gasteiger partial charge is 0.194 e. The highest BCUT2D eigenvalue weighted by molar-refractivity contribution is 14.0. The van der Waals surface area contributed by atoms with Crippen molar-refractivity contribution in [3.05, 3.63) is 0 Å². The Morgan fingerprint density at radius 1 is 1.23 bits per heavy atom. The Morgan fingerprint density at radius 3 is 2.55 bits per heavy atom. The zero-order valence-corrected chi connectivity index (χ0v) is 17.2. The van der Waals surface area contributed by atoms with Crippen molar-refractivity contribution >= 4 is 29.9 Å². The quantitative estimate of drug-likeness (QED) is 0.389. The lowest BCUT2D eigenvalue weighted by atomic mass is 10.2. The van der Waals surface area contributed by atoms with Gasteiger partial charge < -0.3 is 10.2 Å². The highest BCUT2D eigenvalue weighted by Crippen LogP contribution is 2.34. The minimum atomic E-state index is 0. The van der Waals surface area contributed by atoms with Gasteiger partial charge in [0.15, 0.2) is 5.96 Å². The van der Waals surface area contributed by atoms with Crippen LogP contribution in [0.3, 0.4) is 0 Å². The lowest BCUT2D eigenvalue weighted by Crippen LogP contribution is -2.44. The topological polar surface area (TPSA) is 30.9 Å². The molecule has 0 spiro atoms. The summed E-state index contributed by atoms with van der Waals surface area (Å²) in [5.41, 5.74) is 0. The summed E-state index contributed by atoms with van der Waals surface area (Å²) >= 11 is 0. The fraction of sp³-hybridized carbons (Fsp3) is 0.941. The fourth-order valence-electron chi connectivity index (χ4n) is 3.64. The van der Waals surface area contributed by atoms with Crippen molar-refractivity contribution in [2.45, 2.75) is 65.5 Å². The second-order valence-corrected chi connectivity index (χ2v) is 6.44. The van der Waals surface area contributed by atoms with Gasteiger partial charge in [-0.1, -0.05) is 27.2 Å². The van der Waals surface area contributed by atoms with Gasteiger partial charge in [0, 0.05) is 31.7 Å². The van der Waals surface area contributed by atoms with Crippen LogP contribution >= 0.6 is 24.0 Å². The van der Waals surface area contributed by atoms with Gasteiger partial charge in [-0.15, -0.1) is 24.0 Å². The molecule has 3 atom stereocenters. The minimum absolute atomic E-state index is 0. The van der Waals surface area contributed by atoms with Gasteiger partial charge in [0.05, 0.1) is 0 Å². The van der Waals surface area contributed by atoms with Gasteiger partial charge in [0.2, 0.25) is 0 Å². The third-order valence-electron chi connectivity index (χ3n) is 5.00. The van der Waals surface area contributed by atoms with Gasteiger partial charge in [0.1, 0.15) is 0 Å². The molecule has 1 saturated heterocycles. The van der Waals surface area contributed by atoms with E-state index < -0.39 is 0 Å². The van der Waals surface area contributed by atoms with Crippen molar-refractivity contribution in [2.75, 3.05) is 32.7 Å². The molecule has 3 unspecified atom stereocenters. The van der Waals surface area contributed by atoms with E-state index in [9.17, 15) is 0 Å². The molecule has 0 radical (unpaired) electrons. The SMILES string of the molecule is CCCC1CC1NC(=NCC)N1CCC(N(CC)CC)C1.I. The number of hydrogen-bond acceptors (Lipinski definition) is 2. The molecule has 2 fully saturated rings. The molecule has 1 N–H and O–H groups in total. The van der Waals surface area contributed by atoms with E-state index >= 15 is 0 Å². The maximum atomic E-state index is 4.74. The summed E-state index contributed by atoms with van der Waals surface area (Å²) in [6, 6.07) is 1.39. The first-order valence-electron chi connectivity index (χ1n) is 9.03. The van der Waals surface area contributed by atoms with Crippen LogP contribution in [-0.2, 0) is 0 Å². The van der Waals surface area contributed by atoms with Gasteiger partial charge in [-0.25, -0.2) is 0 Å². The molecule has 1 aliphatic carbocycles. The number of nitrogens with one attached hydrogen (secondary N) is 1. The molecule has 1 saturated carbocycles. The van der Waals surface area contributed by atoms with Crippen LogP contribution in [0.5, 0.6) is 0 Å². The number of aliphatic imine (C=N–C) groups is 1. The monoisotopic (exact) mass is 422 g/mol. The highest BCUT2D eigenvalue weighted by atomic mass is 127. The van der Waals surface area contributed by atoms with Crippen LogP contribution in [-0.4, -0.2) is 60.6 Å². The van der Waals surface area contributed by atoms with Crippen LogP contribution in [0.1, 0.15) is 53.4 Å². The van der Waals surface area contributed by atoms with Gasteiger partial charge in [-0.2, -0.15) is 0 Å². The summed E-state index contributed by atoms with van der Waals surface area (Å²) in [4.78, 5) is 9.80. The summed E-state index contributed by atoms with van der Waals surface area (Å²) in [6.07, 6.45) is 5.27. The largest absolute Gasteiger partial charge is 0.353 e. The molecule has 0 bridgehead atoms. The molecule has 4 nitrogen and oxygen atoms in total. The van der Waals surface area contributed by atoms with Gasteiger partial charge in [-0.05, 0) is 45.2 Å². The van der Waals surface area contributed by atoms with Crippen LogP contribution < -0.4 is 5.32 Å². The first-order valence-corrected chi connectivity index (χ1v) is 9.03. The highest BCUT2D eigenvalue weighted by Gasteiger charge is 2.38. The van der Waals surface area contributed by atoms with E-state index in [1.807, 2.05) is 0 Å². The van der Waals surface area contributed by atoms with Gasteiger partial charge in [-0.3, -0.25) is 9.89 Å². The minimum Gasteiger partial charge on any atom is -0.353 e. The normalized spacial score (nSPS) is 28.0. The standard InChI is InChI=1S/C17H34N4.HI/c1-5-9-14-12-16(14)19-17(18-6-2)21-11-10-15(13-21)20(7-3)8-4;/h14-16H,5-13H2,1-4H3,(H,18,19);1H. The summed E-state index contributed by atoms with van der Waals surface area (Å²) in [7, 11) is 0. The van der Waals surface area contributed by atoms with E-state index in [4.69, 9.17) is 4.99 Å². The molecule has 130 valence electrons. The number of guanidine groups is 1. The average Bonchev–Trinajstić information content (AvgIpc) is 3.02. The molecule has 2 aliphatic rings. The maximum absolute atomic E-state index is 4.74. The predicted octanol–water partition coefficient (Wildman–Crippen LogP) is 3.17. The molecule has 0 aromatic rings. The molecule has 5 heteroatoms. The van der Waals surface area contributed by atoms with E-state index in [0.717, 1.165) is 44.6 Å². The molecule has 2 rings (SSSR count). The Kier molecular flexibility index (Phi) is 9.05. The van der Waals surface area contributed by atoms with Crippen LogP contribution in [0.25, 0.3) is 0 Å². The van der Waals surface area contributed by atoms with Gasteiger partial charge in [0.25, 0.3) is 0 Å². The van der Waals surface area contributed by atoms with Crippen molar-refractivity contribution in [3.8, 4) is 0 Å². The molecule has 0 aromatic carbocycles. The molecular weight excluding hydrogens is 387 g/mol. The van der Waals surface area contributed by atoms with E-state index in [0.29, 0.717) is 12.1 Å². The lowest BCUT2D eigenvalue weighted by molar-refractivity contribution is 0.223. The predicted molar refractivity (Wildman–Crippen MR) is 106 cm³/mol. The average molecular weight is 422 g/mol. The second kappa shape index (κ2) is 9.96. The van der Waals surface area contributed by atoms with E-state index in [1.165, 1.54) is 25.7 Å². The van der Waals surface area contributed by atoms with Crippen molar-refractivity contribution < 1.29 is 0 Å². The van der Waals surface area contributed by atoms with Crippen LogP contribution in [0.2, 0.25) is 0 Å². The number of hydrogen-bond donors (Lipinski definition) is 1. The van der Waals surface area contributed by atoms with Crippen molar-refractivity contribution in [1.82, 2.24) is 15.1 Å². The van der Waals surface area contributed by atoms with E-state index in [2.05, 4.69) is 42.8 Å². The van der Waals surface area contributed by atoms with Gasteiger partial charge >= 0.3 is 0 Å². The Hall–Kier alpha value is -0.0400. The maximum Gasteiger partial charge on any atom is 0.194 e. The third kappa shape index (κ3) is 5.25. The molecule has 22 heavy (non-hydrogen) atoms. The summed E-state index contributed by atoms with van der Waals surface area (Å²) in [5, 5.41) is 3.72. The Labute approximate surface area is 154 Å². The molecule has 0 aromatic heterocycles. The zero-order valence-electron chi connectivity index (χ0n) is 14.8. The number of likely N-dealkylation sites (tertiary alicyclic amines) is 1. The first-order chi connectivity index (χ1) is 10.2. The third-order valence-corrected chi connectivity index (χ3v) is 5.00. The molecule has 1 aliphatic heterocycles. The number of likely N-dealkylation sites (N-methyl/N-ethyl adjacent to an activating group) is 1. The van der Waals surface area contributed by atoms with Crippen LogP contribution in [0, 0.1) is 5.92 Å². The van der Waals surface area contributed by atoms with E-state index in [-0.39, 0.29) is 24.0 Å². The Bertz CT molecular complexity index is 344. The first kappa shape index (κ1) is 20.0. The zero-order chi connectivity index (χ0) is 15.2. The Morgan fingerprint density at radius 2 is 1.95 bits per heavy atom.